The van der Waals surface area contributed by atoms with E-state index in [9.17, 15) is 9.59 Å². The summed E-state index contributed by atoms with van der Waals surface area (Å²) in [6.45, 7) is 6.88. The van der Waals surface area contributed by atoms with Crippen molar-refractivity contribution in [3.63, 3.8) is 0 Å². The molecule has 0 radical (unpaired) electrons. The first kappa shape index (κ1) is 29.6. The number of aryl methyl sites for hydroxylation is 2. The molecule has 0 aliphatic rings. The molecule has 0 unspecified atom stereocenters. The number of anilines is 1. The summed E-state index contributed by atoms with van der Waals surface area (Å²) in [7, 11) is 2.92. The van der Waals surface area contributed by atoms with Gasteiger partial charge in [-0.3, -0.25) is 4.79 Å². The molecule has 0 spiro atoms. The summed E-state index contributed by atoms with van der Waals surface area (Å²) in [6.07, 6.45) is 0. The lowest BCUT2D eigenvalue weighted by Gasteiger charge is -2.10. The van der Waals surface area contributed by atoms with Crippen molar-refractivity contribution in [1.82, 2.24) is 14.8 Å². The predicted octanol–water partition coefficient (Wildman–Crippen LogP) is 7.56. The van der Waals surface area contributed by atoms with Crippen molar-refractivity contribution in [3.8, 4) is 39.4 Å². The van der Waals surface area contributed by atoms with Gasteiger partial charge in [0, 0.05) is 38.9 Å². The highest BCUT2D eigenvalue weighted by molar-refractivity contribution is 7.99. The third-order valence-electron chi connectivity index (χ3n) is 6.76. The van der Waals surface area contributed by atoms with E-state index in [1.165, 1.54) is 40.6 Å². The molecule has 0 aliphatic carbocycles. The van der Waals surface area contributed by atoms with Crippen molar-refractivity contribution in [2.75, 3.05) is 25.3 Å². The van der Waals surface area contributed by atoms with Crippen LogP contribution in [0.5, 0.6) is 5.75 Å². The molecule has 42 heavy (non-hydrogen) atoms. The van der Waals surface area contributed by atoms with E-state index in [0.717, 1.165) is 28.1 Å². The Bertz CT molecular complexity index is 1720. The Balaban J connectivity index is 1.34. The van der Waals surface area contributed by atoms with E-state index in [4.69, 9.17) is 9.47 Å². The number of methoxy groups -OCH3 is 2. The Morgan fingerprint density at radius 2 is 1.62 bits per heavy atom. The minimum absolute atomic E-state index is 0.0992. The summed E-state index contributed by atoms with van der Waals surface area (Å²) in [5.74, 6) is 0.809. The van der Waals surface area contributed by atoms with Crippen LogP contribution in [0, 0.1) is 13.8 Å². The van der Waals surface area contributed by atoms with E-state index in [1.54, 1.807) is 18.4 Å². The number of rotatable bonds is 10. The van der Waals surface area contributed by atoms with Gasteiger partial charge in [0.25, 0.3) is 0 Å². The van der Waals surface area contributed by atoms with Gasteiger partial charge in [-0.05, 0) is 44.0 Å². The number of hydrogen-bond donors (Lipinski definition) is 1. The van der Waals surface area contributed by atoms with E-state index in [-0.39, 0.29) is 11.7 Å². The fraction of sp³-hybridized carbons (Fsp3) is 0.226. The molecule has 216 valence electrons. The van der Waals surface area contributed by atoms with E-state index in [1.807, 2.05) is 41.1 Å². The highest BCUT2D eigenvalue weighted by Gasteiger charge is 2.24. The monoisotopic (exact) mass is 618 g/mol. The van der Waals surface area contributed by atoms with E-state index in [2.05, 4.69) is 59.0 Å². The van der Waals surface area contributed by atoms with E-state index >= 15 is 0 Å². The molecule has 3 aromatic heterocycles. The van der Waals surface area contributed by atoms with Crippen LogP contribution < -0.4 is 10.1 Å². The molecule has 8 nitrogen and oxygen atoms in total. The molecule has 3 heterocycles. The number of benzene rings is 2. The van der Waals surface area contributed by atoms with Gasteiger partial charge in [-0.25, -0.2) is 4.79 Å². The van der Waals surface area contributed by atoms with Crippen LogP contribution in [0.25, 0.3) is 33.6 Å². The molecule has 1 N–H and O–H groups in total. The fourth-order valence-electron chi connectivity index (χ4n) is 4.61. The number of carbonyl (C=O) groups excluding carboxylic acids is 2. The summed E-state index contributed by atoms with van der Waals surface area (Å²) in [5, 5.41) is 16.9. The maximum atomic E-state index is 13.1. The number of nitrogens with zero attached hydrogens (tertiary/aromatic N) is 3. The van der Waals surface area contributed by atoms with Crippen LogP contribution in [0.2, 0.25) is 0 Å². The second-order valence-corrected chi connectivity index (χ2v) is 12.3. The molecule has 2 aromatic carbocycles. The molecule has 0 aliphatic heterocycles. The average molecular weight is 619 g/mol. The largest absolute Gasteiger partial charge is 0.497 e. The van der Waals surface area contributed by atoms with Gasteiger partial charge in [-0.15, -0.1) is 32.9 Å². The number of ether oxygens (including phenoxy) is 2. The van der Waals surface area contributed by atoms with Crippen LogP contribution in [0.15, 0.2) is 64.4 Å². The van der Waals surface area contributed by atoms with Gasteiger partial charge in [0.1, 0.15) is 16.3 Å². The van der Waals surface area contributed by atoms with Crippen LogP contribution in [0.3, 0.4) is 0 Å². The van der Waals surface area contributed by atoms with Crippen LogP contribution in [0.4, 0.5) is 5.00 Å². The lowest BCUT2D eigenvalue weighted by Crippen LogP contribution is -2.16. The SMILES string of the molecule is CCn1c(SCC(=O)Nc2scc(-c3ccc(OC)cc3)c2C(=O)OC)nnc1-c1csc(C)c1-c1ccc(C)cc1. The highest BCUT2D eigenvalue weighted by Crippen LogP contribution is 2.40. The summed E-state index contributed by atoms with van der Waals surface area (Å²) in [6, 6.07) is 15.9. The number of aromatic nitrogens is 3. The molecule has 0 saturated carbocycles. The number of amides is 1. The molecular formula is C31H30N4O4S3. The summed E-state index contributed by atoms with van der Waals surface area (Å²) >= 11 is 4.27. The fourth-order valence-corrected chi connectivity index (χ4v) is 7.25. The molecule has 5 aromatic rings. The van der Waals surface area contributed by atoms with Crippen molar-refractivity contribution in [1.29, 1.82) is 0 Å². The first-order chi connectivity index (χ1) is 20.3. The Kier molecular flexibility index (Phi) is 9.10. The third kappa shape index (κ3) is 5.99. The number of carbonyl (C=O) groups is 2. The molecule has 5 rings (SSSR count). The van der Waals surface area contributed by atoms with Crippen LogP contribution in [0.1, 0.15) is 27.7 Å². The summed E-state index contributed by atoms with van der Waals surface area (Å²) < 4.78 is 12.3. The maximum absolute atomic E-state index is 13.1. The van der Waals surface area contributed by atoms with Gasteiger partial charge in [-0.1, -0.05) is 53.7 Å². The van der Waals surface area contributed by atoms with Crippen LogP contribution in [-0.4, -0.2) is 46.6 Å². The van der Waals surface area contributed by atoms with Gasteiger partial charge in [0.05, 0.1) is 20.0 Å². The predicted molar refractivity (Wildman–Crippen MR) is 171 cm³/mol. The number of esters is 1. The van der Waals surface area contributed by atoms with Gasteiger partial charge >= 0.3 is 5.97 Å². The zero-order valence-electron chi connectivity index (χ0n) is 23.9. The third-order valence-corrected chi connectivity index (χ3v) is 9.53. The summed E-state index contributed by atoms with van der Waals surface area (Å²) in [5.41, 5.74) is 6.35. The zero-order valence-corrected chi connectivity index (χ0v) is 26.3. The molecule has 0 atom stereocenters. The smallest absolute Gasteiger partial charge is 0.341 e. The van der Waals surface area contributed by atoms with Crippen molar-refractivity contribution < 1.29 is 19.1 Å². The Hall–Kier alpha value is -3.93. The van der Waals surface area contributed by atoms with Crippen LogP contribution >= 0.6 is 34.4 Å². The van der Waals surface area contributed by atoms with E-state index in [0.29, 0.717) is 33.6 Å². The normalized spacial score (nSPS) is 11.0. The van der Waals surface area contributed by atoms with Crippen molar-refractivity contribution in [3.05, 3.63) is 75.3 Å². The second-order valence-electron chi connectivity index (χ2n) is 9.41. The minimum atomic E-state index is -0.518. The first-order valence-electron chi connectivity index (χ1n) is 13.2. The highest BCUT2D eigenvalue weighted by atomic mass is 32.2. The zero-order chi connectivity index (χ0) is 29.8. The molecule has 0 fully saturated rings. The molecule has 11 heteroatoms. The maximum Gasteiger partial charge on any atom is 0.341 e. The lowest BCUT2D eigenvalue weighted by molar-refractivity contribution is -0.113. The van der Waals surface area contributed by atoms with Crippen molar-refractivity contribution in [2.24, 2.45) is 0 Å². The van der Waals surface area contributed by atoms with Gasteiger partial charge in [0.15, 0.2) is 11.0 Å². The van der Waals surface area contributed by atoms with Crippen LogP contribution in [-0.2, 0) is 16.1 Å². The Morgan fingerprint density at radius 3 is 2.29 bits per heavy atom. The topological polar surface area (TPSA) is 95.3 Å². The lowest BCUT2D eigenvalue weighted by atomic mass is 10.0. The van der Waals surface area contributed by atoms with E-state index < -0.39 is 5.97 Å². The first-order valence-corrected chi connectivity index (χ1v) is 15.9. The number of nitrogens with one attached hydrogen (secondary N) is 1. The molecular weight excluding hydrogens is 589 g/mol. The number of thioether (sulfide) groups is 1. The number of thiophene rings is 2. The van der Waals surface area contributed by atoms with Gasteiger partial charge in [-0.2, -0.15) is 0 Å². The second kappa shape index (κ2) is 12.9. The molecule has 1 amide bonds. The quantitative estimate of drug-likeness (QED) is 0.127. The number of hydrogen-bond acceptors (Lipinski definition) is 9. The summed E-state index contributed by atoms with van der Waals surface area (Å²) in [4.78, 5) is 27.0. The molecule has 0 bridgehead atoms. The Morgan fingerprint density at radius 1 is 0.929 bits per heavy atom. The average Bonchev–Trinajstić information content (AvgIpc) is 3.72. The molecule has 0 saturated heterocycles. The van der Waals surface area contributed by atoms with Crippen molar-refractivity contribution in [2.45, 2.75) is 32.5 Å². The van der Waals surface area contributed by atoms with Gasteiger partial charge in [0.2, 0.25) is 5.91 Å². The Labute approximate surface area is 256 Å². The minimum Gasteiger partial charge on any atom is -0.497 e. The van der Waals surface area contributed by atoms with Crippen molar-refractivity contribution >= 4 is 51.3 Å². The standard InChI is InChI=1S/C31H30N4O4S3/c1-6-35-28(24-16-40-19(3)26(24)21-9-7-18(2)8-10-21)33-34-31(35)42-17-25(36)32-29-27(30(37)39-5)23(15-41-29)20-11-13-22(38-4)14-12-20/h7-16H,6,17H2,1-5H3,(H,32,36). The van der Waals surface area contributed by atoms with Gasteiger partial charge < -0.3 is 19.4 Å².